The van der Waals surface area contributed by atoms with E-state index in [-0.39, 0.29) is 5.78 Å². The maximum atomic E-state index is 11.8. The van der Waals surface area contributed by atoms with E-state index in [2.05, 4.69) is 13.0 Å². The molecule has 1 aliphatic rings. The number of nitriles is 1. The minimum atomic E-state index is -0.605. The molecule has 0 N–H and O–H groups in total. The molecular formula is C13H21NO. The summed E-state index contributed by atoms with van der Waals surface area (Å²) in [5.41, 5.74) is -0.605. The predicted molar refractivity (Wildman–Crippen MR) is 60.3 cm³/mol. The Labute approximate surface area is 92.7 Å². The van der Waals surface area contributed by atoms with Gasteiger partial charge >= 0.3 is 0 Å². The number of hydrogen-bond donors (Lipinski definition) is 0. The van der Waals surface area contributed by atoms with E-state index in [9.17, 15) is 10.1 Å². The number of ketones is 1. The molecule has 0 radical (unpaired) electrons. The summed E-state index contributed by atoms with van der Waals surface area (Å²) in [5, 5.41) is 9.20. The largest absolute Gasteiger partial charge is 0.298 e. The lowest BCUT2D eigenvalue weighted by Crippen LogP contribution is -2.32. The molecule has 0 aromatic rings. The molecule has 1 unspecified atom stereocenters. The molecule has 0 bridgehead atoms. The van der Waals surface area contributed by atoms with Crippen LogP contribution < -0.4 is 0 Å². The molecular weight excluding hydrogens is 186 g/mol. The Bertz CT molecular complexity index is 254. The molecule has 1 saturated carbocycles. The van der Waals surface area contributed by atoms with Crippen LogP contribution in [0.2, 0.25) is 0 Å². The number of carbonyl (C=O) groups excluding carboxylic acids is 1. The SMILES string of the molecule is CCCCCCC1(C#N)CCCCC1=O. The van der Waals surface area contributed by atoms with Gasteiger partial charge < -0.3 is 0 Å². The first-order valence-corrected chi connectivity index (χ1v) is 6.20. The number of rotatable bonds is 5. The van der Waals surface area contributed by atoms with Crippen LogP contribution in [0, 0.1) is 16.7 Å². The van der Waals surface area contributed by atoms with E-state index in [0.29, 0.717) is 6.42 Å². The molecule has 1 atom stereocenters. The van der Waals surface area contributed by atoms with Gasteiger partial charge in [-0.15, -0.1) is 0 Å². The van der Waals surface area contributed by atoms with Crippen LogP contribution in [0.25, 0.3) is 0 Å². The summed E-state index contributed by atoms with van der Waals surface area (Å²) in [5.74, 6) is 0.202. The predicted octanol–water partition coefficient (Wildman–Crippen LogP) is 3.61. The lowest BCUT2D eigenvalue weighted by Gasteiger charge is -2.28. The molecule has 0 aliphatic heterocycles. The highest BCUT2D eigenvalue weighted by molar-refractivity contribution is 5.88. The average Bonchev–Trinajstić information content (AvgIpc) is 2.27. The summed E-state index contributed by atoms with van der Waals surface area (Å²) >= 11 is 0. The van der Waals surface area contributed by atoms with E-state index >= 15 is 0 Å². The van der Waals surface area contributed by atoms with Crippen molar-refractivity contribution in [2.24, 2.45) is 5.41 Å². The van der Waals surface area contributed by atoms with Crippen LogP contribution in [0.3, 0.4) is 0 Å². The lowest BCUT2D eigenvalue weighted by atomic mass is 9.71. The van der Waals surface area contributed by atoms with E-state index < -0.39 is 5.41 Å². The Hall–Kier alpha value is -0.840. The molecule has 0 aromatic heterocycles. The molecule has 1 aliphatic carbocycles. The zero-order chi connectivity index (χ0) is 11.1. The first-order chi connectivity index (χ1) is 7.25. The Morgan fingerprint density at radius 2 is 2.13 bits per heavy atom. The summed E-state index contributed by atoms with van der Waals surface area (Å²) in [6.07, 6.45) is 8.87. The Balaban J connectivity index is 2.45. The minimum Gasteiger partial charge on any atom is -0.298 e. The second-order valence-corrected chi connectivity index (χ2v) is 4.63. The third-order valence-corrected chi connectivity index (χ3v) is 3.46. The molecule has 2 nitrogen and oxygen atoms in total. The third-order valence-electron chi connectivity index (χ3n) is 3.46. The molecule has 0 saturated heterocycles. The fraction of sp³-hybridized carbons (Fsp3) is 0.846. The van der Waals surface area contributed by atoms with Gasteiger partial charge in [-0.25, -0.2) is 0 Å². The molecule has 15 heavy (non-hydrogen) atoms. The van der Waals surface area contributed by atoms with Crippen molar-refractivity contribution in [2.75, 3.05) is 0 Å². The average molecular weight is 207 g/mol. The van der Waals surface area contributed by atoms with Gasteiger partial charge in [0.05, 0.1) is 6.07 Å². The summed E-state index contributed by atoms with van der Waals surface area (Å²) in [4.78, 5) is 11.8. The number of unbranched alkanes of at least 4 members (excludes halogenated alkanes) is 3. The van der Waals surface area contributed by atoms with Crippen LogP contribution in [0.5, 0.6) is 0 Å². The maximum Gasteiger partial charge on any atom is 0.153 e. The maximum absolute atomic E-state index is 11.8. The van der Waals surface area contributed by atoms with Crippen molar-refractivity contribution < 1.29 is 4.79 Å². The fourth-order valence-electron chi connectivity index (χ4n) is 2.38. The first kappa shape index (κ1) is 12.2. The summed E-state index contributed by atoms with van der Waals surface area (Å²) in [6, 6.07) is 2.29. The van der Waals surface area contributed by atoms with Crippen LogP contribution in [0.1, 0.15) is 64.7 Å². The van der Waals surface area contributed by atoms with E-state index in [4.69, 9.17) is 0 Å². The topological polar surface area (TPSA) is 40.9 Å². The van der Waals surface area contributed by atoms with Crippen molar-refractivity contribution in [3.05, 3.63) is 0 Å². The van der Waals surface area contributed by atoms with Crippen LogP contribution in [-0.2, 0) is 4.79 Å². The summed E-state index contributed by atoms with van der Waals surface area (Å²) < 4.78 is 0. The first-order valence-electron chi connectivity index (χ1n) is 6.20. The second kappa shape index (κ2) is 5.90. The van der Waals surface area contributed by atoms with E-state index in [1.807, 2.05) is 0 Å². The number of Topliss-reactive ketones (excluding diaryl/α,β-unsaturated/α-hetero) is 1. The molecule has 2 heteroatoms. The Morgan fingerprint density at radius 3 is 2.73 bits per heavy atom. The Kier molecular flexibility index (Phi) is 4.81. The molecule has 0 amide bonds. The van der Waals surface area contributed by atoms with Crippen molar-refractivity contribution in [3.8, 4) is 6.07 Å². The zero-order valence-electron chi connectivity index (χ0n) is 9.72. The highest BCUT2D eigenvalue weighted by atomic mass is 16.1. The van der Waals surface area contributed by atoms with Crippen LogP contribution >= 0.6 is 0 Å². The highest BCUT2D eigenvalue weighted by Gasteiger charge is 2.39. The van der Waals surface area contributed by atoms with Crippen molar-refractivity contribution >= 4 is 5.78 Å². The van der Waals surface area contributed by atoms with Gasteiger partial charge in [-0.05, 0) is 19.3 Å². The highest BCUT2D eigenvalue weighted by Crippen LogP contribution is 2.37. The summed E-state index contributed by atoms with van der Waals surface area (Å²) in [6.45, 7) is 2.17. The molecule has 84 valence electrons. The minimum absolute atomic E-state index is 0.202. The van der Waals surface area contributed by atoms with Crippen molar-refractivity contribution in [1.29, 1.82) is 5.26 Å². The smallest absolute Gasteiger partial charge is 0.153 e. The fourth-order valence-corrected chi connectivity index (χ4v) is 2.38. The standard InChI is InChI=1S/C13H21NO/c1-2-3-4-6-9-13(11-14)10-7-5-8-12(13)15/h2-10H2,1H3. The van der Waals surface area contributed by atoms with Crippen LogP contribution in [0.15, 0.2) is 0 Å². The Morgan fingerprint density at radius 1 is 1.33 bits per heavy atom. The van der Waals surface area contributed by atoms with Gasteiger partial charge in [-0.1, -0.05) is 39.0 Å². The van der Waals surface area contributed by atoms with Crippen molar-refractivity contribution in [3.63, 3.8) is 0 Å². The molecule has 0 aromatic carbocycles. The molecule has 1 fully saturated rings. The van der Waals surface area contributed by atoms with E-state index in [1.54, 1.807) is 0 Å². The number of carbonyl (C=O) groups is 1. The van der Waals surface area contributed by atoms with Gasteiger partial charge in [0.15, 0.2) is 5.78 Å². The van der Waals surface area contributed by atoms with Gasteiger partial charge in [0, 0.05) is 6.42 Å². The normalized spacial score (nSPS) is 26.3. The van der Waals surface area contributed by atoms with Gasteiger partial charge in [0.2, 0.25) is 0 Å². The zero-order valence-corrected chi connectivity index (χ0v) is 9.72. The van der Waals surface area contributed by atoms with Crippen LogP contribution in [-0.4, -0.2) is 5.78 Å². The molecule has 0 spiro atoms. The van der Waals surface area contributed by atoms with E-state index in [1.165, 1.54) is 12.8 Å². The molecule has 1 rings (SSSR count). The number of nitrogens with zero attached hydrogens (tertiary/aromatic N) is 1. The van der Waals surface area contributed by atoms with Gasteiger partial charge in [-0.2, -0.15) is 5.26 Å². The van der Waals surface area contributed by atoms with Gasteiger partial charge in [0.1, 0.15) is 5.41 Å². The van der Waals surface area contributed by atoms with Gasteiger partial charge in [-0.3, -0.25) is 4.79 Å². The monoisotopic (exact) mass is 207 g/mol. The van der Waals surface area contributed by atoms with Crippen LogP contribution in [0.4, 0.5) is 0 Å². The van der Waals surface area contributed by atoms with E-state index in [0.717, 1.165) is 38.5 Å². The van der Waals surface area contributed by atoms with Crippen molar-refractivity contribution in [2.45, 2.75) is 64.7 Å². The lowest BCUT2D eigenvalue weighted by molar-refractivity contribution is -0.128. The summed E-state index contributed by atoms with van der Waals surface area (Å²) in [7, 11) is 0. The van der Waals surface area contributed by atoms with Crippen molar-refractivity contribution in [1.82, 2.24) is 0 Å². The third kappa shape index (κ3) is 3.06. The van der Waals surface area contributed by atoms with Gasteiger partial charge in [0.25, 0.3) is 0 Å². The second-order valence-electron chi connectivity index (χ2n) is 4.63. The molecule has 0 heterocycles. The number of hydrogen-bond acceptors (Lipinski definition) is 2. The quantitative estimate of drug-likeness (QED) is 0.646.